The third-order valence-corrected chi connectivity index (χ3v) is 3.52. The number of hydrogen-bond acceptors (Lipinski definition) is 4. The molecule has 0 aromatic carbocycles. The minimum Gasteiger partial charge on any atom is -0.374 e. The lowest BCUT2D eigenvalue weighted by atomic mass is 9.89. The van der Waals surface area contributed by atoms with Crippen molar-refractivity contribution in [3.63, 3.8) is 0 Å². The van der Waals surface area contributed by atoms with Gasteiger partial charge in [-0.3, -0.25) is 0 Å². The molecule has 1 aliphatic heterocycles. The molecule has 0 saturated carbocycles. The first-order valence-corrected chi connectivity index (χ1v) is 6.15. The summed E-state index contributed by atoms with van der Waals surface area (Å²) in [5.74, 6) is 1.21. The standard InChI is InChI=1S/C11H22O3S/c1-4-11(5-6-15)7-9(8-14-11)10(12-2)13-3/h9-10,15H,4-8H2,1-3H3. The summed E-state index contributed by atoms with van der Waals surface area (Å²) in [6.45, 7) is 2.90. The van der Waals surface area contributed by atoms with Crippen LogP contribution in [0, 0.1) is 5.92 Å². The monoisotopic (exact) mass is 234 g/mol. The molecule has 0 aliphatic carbocycles. The van der Waals surface area contributed by atoms with Crippen molar-refractivity contribution in [1.29, 1.82) is 0 Å². The summed E-state index contributed by atoms with van der Waals surface area (Å²) >= 11 is 4.29. The summed E-state index contributed by atoms with van der Waals surface area (Å²) in [6, 6.07) is 0. The second kappa shape index (κ2) is 6.09. The fourth-order valence-corrected chi connectivity index (χ4v) is 2.74. The molecule has 0 amide bonds. The maximum absolute atomic E-state index is 5.92. The Morgan fingerprint density at radius 2 is 2.13 bits per heavy atom. The van der Waals surface area contributed by atoms with Crippen molar-refractivity contribution in [2.45, 2.75) is 38.1 Å². The van der Waals surface area contributed by atoms with Crippen molar-refractivity contribution >= 4 is 12.6 Å². The Labute approximate surface area is 97.9 Å². The van der Waals surface area contributed by atoms with Crippen LogP contribution >= 0.6 is 12.6 Å². The van der Waals surface area contributed by atoms with Crippen molar-refractivity contribution in [3.8, 4) is 0 Å². The Bertz CT molecular complexity index is 185. The zero-order valence-electron chi connectivity index (χ0n) is 9.86. The Hall–Kier alpha value is 0.230. The van der Waals surface area contributed by atoms with Gasteiger partial charge >= 0.3 is 0 Å². The van der Waals surface area contributed by atoms with Crippen LogP contribution in [0.25, 0.3) is 0 Å². The molecule has 15 heavy (non-hydrogen) atoms. The molecule has 1 rings (SSSR count). The Morgan fingerprint density at radius 3 is 2.60 bits per heavy atom. The predicted molar refractivity (Wildman–Crippen MR) is 63.4 cm³/mol. The van der Waals surface area contributed by atoms with Crippen LogP contribution in [0.4, 0.5) is 0 Å². The number of ether oxygens (including phenoxy) is 3. The van der Waals surface area contributed by atoms with Gasteiger partial charge in [0.1, 0.15) is 0 Å². The van der Waals surface area contributed by atoms with Gasteiger partial charge in [0.2, 0.25) is 0 Å². The van der Waals surface area contributed by atoms with E-state index < -0.39 is 0 Å². The van der Waals surface area contributed by atoms with E-state index in [9.17, 15) is 0 Å². The highest BCUT2D eigenvalue weighted by atomic mass is 32.1. The van der Waals surface area contributed by atoms with Gasteiger partial charge in [-0.2, -0.15) is 12.6 Å². The van der Waals surface area contributed by atoms with Gasteiger partial charge in [-0.05, 0) is 25.0 Å². The van der Waals surface area contributed by atoms with E-state index in [4.69, 9.17) is 14.2 Å². The Balaban J connectivity index is 2.55. The quantitative estimate of drug-likeness (QED) is 0.563. The van der Waals surface area contributed by atoms with Crippen molar-refractivity contribution < 1.29 is 14.2 Å². The maximum Gasteiger partial charge on any atom is 0.161 e. The minimum absolute atomic E-state index is 0.00171. The van der Waals surface area contributed by atoms with E-state index in [1.54, 1.807) is 14.2 Å². The molecule has 3 nitrogen and oxygen atoms in total. The number of hydrogen-bond donors (Lipinski definition) is 1. The molecule has 2 unspecified atom stereocenters. The van der Waals surface area contributed by atoms with Crippen LogP contribution in [0.15, 0.2) is 0 Å². The van der Waals surface area contributed by atoms with E-state index in [2.05, 4.69) is 19.6 Å². The summed E-state index contributed by atoms with van der Waals surface area (Å²) in [4.78, 5) is 0. The van der Waals surface area contributed by atoms with Gasteiger partial charge in [-0.1, -0.05) is 6.92 Å². The van der Waals surface area contributed by atoms with E-state index in [0.29, 0.717) is 5.92 Å². The molecule has 1 aliphatic rings. The van der Waals surface area contributed by atoms with Gasteiger partial charge in [-0.15, -0.1) is 0 Å². The first-order valence-electron chi connectivity index (χ1n) is 5.51. The third kappa shape index (κ3) is 3.09. The summed E-state index contributed by atoms with van der Waals surface area (Å²) in [6.07, 6.45) is 2.91. The molecule has 1 heterocycles. The predicted octanol–water partition coefficient (Wildman–Crippen LogP) is 2.11. The molecular formula is C11H22O3S. The lowest BCUT2D eigenvalue weighted by Gasteiger charge is -2.27. The van der Waals surface area contributed by atoms with Crippen LogP contribution in [0.1, 0.15) is 26.2 Å². The molecule has 0 aromatic rings. The smallest absolute Gasteiger partial charge is 0.161 e. The molecule has 0 radical (unpaired) electrons. The van der Waals surface area contributed by atoms with Crippen LogP contribution in [0.2, 0.25) is 0 Å². The van der Waals surface area contributed by atoms with Crippen molar-refractivity contribution in [3.05, 3.63) is 0 Å². The average Bonchev–Trinajstić information content (AvgIpc) is 2.66. The lowest BCUT2D eigenvalue weighted by molar-refractivity contribution is -0.136. The molecule has 4 heteroatoms. The molecule has 0 aromatic heterocycles. The van der Waals surface area contributed by atoms with Crippen molar-refractivity contribution in [2.24, 2.45) is 5.92 Å². The van der Waals surface area contributed by atoms with Gasteiger partial charge in [0.25, 0.3) is 0 Å². The largest absolute Gasteiger partial charge is 0.374 e. The summed E-state index contributed by atoms with van der Waals surface area (Å²) in [5.41, 5.74) is 0.00171. The maximum atomic E-state index is 5.92. The molecule has 0 N–H and O–H groups in total. The first kappa shape index (κ1) is 13.3. The Morgan fingerprint density at radius 1 is 1.47 bits per heavy atom. The topological polar surface area (TPSA) is 27.7 Å². The zero-order chi connectivity index (χ0) is 11.3. The van der Waals surface area contributed by atoms with Gasteiger partial charge in [0, 0.05) is 20.1 Å². The minimum atomic E-state index is -0.140. The molecule has 0 bridgehead atoms. The number of methoxy groups -OCH3 is 2. The van der Waals surface area contributed by atoms with Crippen LogP contribution in [-0.2, 0) is 14.2 Å². The van der Waals surface area contributed by atoms with Gasteiger partial charge in [0.15, 0.2) is 6.29 Å². The zero-order valence-corrected chi connectivity index (χ0v) is 10.8. The highest BCUT2D eigenvalue weighted by Crippen LogP contribution is 2.38. The highest BCUT2D eigenvalue weighted by Gasteiger charge is 2.41. The van der Waals surface area contributed by atoms with Gasteiger partial charge in [-0.25, -0.2) is 0 Å². The first-order chi connectivity index (χ1) is 7.21. The van der Waals surface area contributed by atoms with Gasteiger partial charge in [0.05, 0.1) is 12.2 Å². The molecule has 0 spiro atoms. The third-order valence-electron chi connectivity index (χ3n) is 3.30. The van der Waals surface area contributed by atoms with E-state index >= 15 is 0 Å². The van der Waals surface area contributed by atoms with E-state index in [-0.39, 0.29) is 11.9 Å². The fourth-order valence-electron chi connectivity index (χ4n) is 2.34. The Kier molecular flexibility index (Phi) is 5.39. The average molecular weight is 234 g/mol. The van der Waals surface area contributed by atoms with E-state index in [0.717, 1.165) is 31.6 Å². The fraction of sp³-hybridized carbons (Fsp3) is 1.00. The van der Waals surface area contributed by atoms with Crippen molar-refractivity contribution in [2.75, 3.05) is 26.6 Å². The highest BCUT2D eigenvalue weighted by molar-refractivity contribution is 7.80. The van der Waals surface area contributed by atoms with Crippen LogP contribution < -0.4 is 0 Å². The number of rotatable bonds is 6. The molecular weight excluding hydrogens is 212 g/mol. The van der Waals surface area contributed by atoms with Crippen LogP contribution in [0.3, 0.4) is 0 Å². The van der Waals surface area contributed by atoms with Gasteiger partial charge < -0.3 is 14.2 Å². The molecule has 1 fully saturated rings. The molecule has 2 atom stereocenters. The van der Waals surface area contributed by atoms with Crippen molar-refractivity contribution in [1.82, 2.24) is 0 Å². The normalized spacial score (nSPS) is 31.4. The summed E-state index contributed by atoms with van der Waals surface area (Å²) in [5, 5.41) is 0. The number of thiol groups is 1. The summed E-state index contributed by atoms with van der Waals surface area (Å²) in [7, 11) is 3.36. The molecule has 90 valence electrons. The van der Waals surface area contributed by atoms with Crippen LogP contribution in [-0.4, -0.2) is 38.5 Å². The second-order valence-corrected chi connectivity index (χ2v) is 4.57. The van der Waals surface area contributed by atoms with Crippen LogP contribution in [0.5, 0.6) is 0 Å². The second-order valence-electron chi connectivity index (χ2n) is 4.13. The molecule has 1 saturated heterocycles. The van der Waals surface area contributed by atoms with E-state index in [1.807, 2.05) is 0 Å². The SMILES string of the molecule is CCC1(CCS)CC(C(OC)OC)CO1. The van der Waals surface area contributed by atoms with E-state index in [1.165, 1.54) is 0 Å². The lowest BCUT2D eigenvalue weighted by Crippen LogP contribution is -2.30. The summed E-state index contributed by atoms with van der Waals surface area (Å²) < 4.78 is 16.5.